The molecule has 5 rings (SSSR count). The second-order valence-electron chi connectivity index (χ2n) is 15.5. The molecule has 11 heteroatoms. The molecule has 1 aromatic heterocycles. The first-order valence-corrected chi connectivity index (χ1v) is 21.4. The highest BCUT2D eigenvalue weighted by Gasteiger charge is 2.38. The van der Waals surface area contributed by atoms with Crippen molar-refractivity contribution in [2.24, 2.45) is 5.92 Å². The van der Waals surface area contributed by atoms with E-state index in [4.69, 9.17) is 23.4 Å². The molecule has 1 heterocycles. The van der Waals surface area contributed by atoms with Crippen LogP contribution < -0.4 is 19.5 Å². The predicted molar refractivity (Wildman–Crippen MR) is 215 cm³/mol. The molecule has 2 amide bonds. The fraction of sp³-hybridized carbons (Fsp3) is 0.419. The van der Waals surface area contributed by atoms with Gasteiger partial charge in [-0.2, -0.15) is 0 Å². The van der Waals surface area contributed by atoms with E-state index in [2.05, 4.69) is 68.4 Å². The van der Waals surface area contributed by atoms with Crippen LogP contribution in [0.15, 0.2) is 79.0 Å². The number of pyridine rings is 1. The molecule has 0 radical (unpaired) electrons. The molecule has 1 N–H and O–H groups in total. The minimum Gasteiger partial charge on any atom is -0.493 e. The van der Waals surface area contributed by atoms with E-state index in [0.29, 0.717) is 36.1 Å². The summed E-state index contributed by atoms with van der Waals surface area (Å²) in [6, 6.07) is 23.0. The number of ether oxygens (including phenoxy) is 4. The average Bonchev–Trinajstić information content (AvgIpc) is 3.47. The van der Waals surface area contributed by atoms with E-state index < -0.39 is 20.5 Å². The molecule has 0 saturated carbocycles. The van der Waals surface area contributed by atoms with Crippen LogP contribution in [0.25, 0.3) is 22.4 Å². The quantitative estimate of drug-likeness (QED) is 0.0950. The zero-order valence-corrected chi connectivity index (χ0v) is 34.3. The van der Waals surface area contributed by atoms with Crippen LogP contribution in [0.2, 0.25) is 18.1 Å². The number of amides is 2. The van der Waals surface area contributed by atoms with Gasteiger partial charge in [0.2, 0.25) is 11.7 Å². The van der Waals surface area contributed by atoms with Crippen LogP contribution in [0.1, 0.15) is 57.2 Å². The maximum Gasteiger partial charge on any atom is 0.410 e. The van der Waals surface area contributed by atoms with Crippen molar-refractivity contribution in [2.45, 2.75) is 71.3 Å². The van der Waals surface area contributed by atoms with E-state index in [1.807, 2.05) is 62.4 Å². The first-order valence-electron chi connectivity index (χ1n) is 18.5. The number of hydrogen-bond acceptors (Lipinski definition) is 8. The number of rotatable bonds is 15. The maximum absolute atomic E-state index is 14.4. The summed E-state index contributed by atoms with van der Waals surface area (Å²) in [6.45, 7) is 15.8. The van der Waals surface area contributed by atoms with Crippen LogP contribution in [0.4, 0.5) is 4.79 Å². The molecule has 1 atom stereocenters. The number of fused-ring (bicyclic) bond motifs is 3. The molecular weight excluding hydrogens is 699 g/mol. The molecule has 4 aromatic rings. The van der Waals surface area contributed by atoms with Crippen molar-refractivity contribution in [1.82, 2.24) is 15.2 Å². The van der Waals surface area contributed by atoms with Crippen molar-refractivity contribution in [1.29, 1.82) is 0 Å². The molecule has 0 saturated heterocycles. The molecule has 0 spiro atoms. The predicted octanol–water partition coefficient (Wildman–Crippen LogP) is 8.69. The monoisotopic (exact) mass is 753 g/mol. The highest BCUT2D eigenvalue weighted by Crippen LogP contribution is 2.45. The molecule has 54 heavy (non-hydrogen) atoms. The summed E-state index contributed by atoms with van der Waals surface area (Å²) in [6.07, 6.45) is 1.11. The molecule has 0 fully saturated rings. The second kappa shape index (κ2) is 17.1. The molecule has 3 aromatic carbocycles. The van der Waals surface area contributed by atoms with E-state index >= 15 is 0 Å². The molecule has 0 unspecified atom stereocenters. The maximum atomic E-state index is 14.4. The Balaban J connectivity index is 1.43. The van der Waals surface area contributed by atoms with Crippen LogP contribution in [0, 0.1) is 5.92 Å². The van der Waals surface area contributed by atoms with Crippen LogP contribution in [-0.2, 0) is 20.5 Å². The average molecular weight is 754 g/mol. The first-order chi connectivity index (χ1) is 25.7. The van der Waals surface area contributed by atoms with E-state index in [0.717, 1.165) is 33.4 Å². The highest BCUT2D eigenvalue weighted by molar-refractivity contribution is 6.74. The summed E-state index contributed by atoms with van der Waals surface area (Å²) in [5.41, 5.74) is 6.64. The van der Waals surface area contributed by atoms with Crippen molar-refractivity contribution >= 4 is 20.3 Å². The van der Waals surface area contributed by atoms with Crippen LogP contribution in [-0.4, -0.2) is 77.3 Å². The van der Waals surface area contributed by atoms with Crippen molar-refractivity contribution in [3.8, 4) is 39.6 Å². The van der Waals surface area contributed by atoms with Gasteiger partial charge in [0.1, 0.15) is 12.6 Å². The lowest BCUT2D eigenvalue weighted by Gasteiger charge is -2.36. The topological polar surface area (TPSA) is 108 Å². The van der Waals surface area contributed by atoms with Crippen LogP contribution in [0.3, 0.4) is 0 Å². The standard InChI is InChI=1S/C43H55N3O7Si/c1-28(2)39(41(47)45-21-22-53-54(9,10)43(3,4)5)46(42(48)52-27-35-33-17-13-11-15-31(33)32-16-12-14-18-34(32)35)26-29-19-20-44-36(23-29)30-24-37(49-6)40(51-8)38(25-30)50-7/h11-20,23-25,28,35,39H,21-22,26-27H2,1-10H3,(H,45,47)/t39-/m1/s1. The highest BCUT2D eigenvalue weighted by atomic mass is 28.4. The molecule has 1 aliphatic carbocycles. The molecule has 0 aliphatic heterocycles. The van der Waals surface area contributed by atoms with Crippen molar-refractivity contribution in [2.75, 3.05) is 41.1 Å². The smallest absolute Gasteiger partial charge is 0.410 e. The summed E-state index contributed by atoms with van der Waals surface area (Å²) in [4.78, 5) is 34.6. The third kappa shape index (κ3) is 8.74. The van der Waals surface area contributed by atoms with Gasteiger partial charge in [-0.05, 0) is 76.1 Å². The number of hydrogen-bond donors (Lipinski definition) is 1. The largest absolute Gasteiger partial charge is 0.493 e. The Bertz CT molecular complexity index is 1870. The number of carbonyl (C=O) groups is 2. The summed E-state index contributed by atoms with van der Waals surface area (Å²) in [5, 5.41) is 3.11. The van der Waals surface area contributed by atoms with Gasteiger partial charge in [-0.15, -0.1) is 0 Å². The number of carbonyl (C=O) groups excluding carboxylic acids is 2. The molecule has 1 aliphatic rings. The summed E-state index contributed by atoms with van der Waals surface area (Å²) in [7, 11) is 2.68. The van der Waals surface area contributed by atoms with E-state index in [1.54, 1.807) is 27.5 Å². The minimum atomic E-state index is -2.01. The Labute approximate surface area is 321 Å². The normalized spacial score (nSPS) is 13.2. The number of nitrogens with one attached hydrogen (secondary N) is 1. The van der Waals surface area contributed by atoms with Gasteiger partial charge < -0.3 is 28.7 Å². The second-order valence-corrected chi connectivity index (χ2v) is 20.3. The van der Waals surface area contributed by atoms with E-state index in [1.165, 1.54) is 4.90 Å². The molecular formula is C43H55N3O7Si. The van der Waals surface area contributed by atoms with Gasteiger partial charge in [0.25, 0.3) is 0 Å². The summed E-state index contributed by atoms with van der Waals surface area (Å²) < 4.78 is 29.2. The third-order valence-electron chi connectivity index (χ3n) is 10.6. The molecule has 10 nitrogen and oxygen atoms in total. The Morgan fingerprint density at radius 2 is 1.46 bits per heavy atom. The van der Waals surface area contributed by atoms with Gasteiger partial charge in [0.05, 0.1) is 33.6 Å². The van der Waals surface area contributed by atoms with Gasteiger partial charge in [0, 0.05) is 30.8 Å². The SMILES string of the molecule is COc1cc(-c2cc(CN(C(=O)OCC3c4ccccc4-c4ccccc43)[C@@H](C(=O)NCCO[Si](C)(C)C(C)(C)C)C(C)C)ccn2)cc(OC)c1OC. The van der Waals surface area contributed by atoms with Gasteiger partial charge in [0.15, 0.2) is 19.8 Å². The fourth-order valence-corrected chi connectivity index (χ4v) is 7.76. The summed E-state index contributed by atoms with van der Waals surface area (Å²) in [5.74, 6) is 0.831. The van der Waals surface area contributed by atoms with Gasteiger partial charge in [-0.1, -0.05) is 83.1 Å². The van der Waals surface area contributed by atoms with Gasteiger partial charge in [-0.25, -0.2) is 4.79 Å². The Morgan fingerprint density at radius 3 is 2.00 bits per heavy atom. The zero-order valence-electron chi connectivity index (χ0n) is 33.3. The lowest BCUT2D eigenvalue weighted by molar-refractivity contribution is -0.127. The van der Waals surface area contributed by atoms with Crippen LogP contribution in [0.5, 0.6) is 17.2 Å². The number of aromatic nitrogens is 1. The van der Waals surface area contributed by atoms with Gasteiger partial charge >= 0.3 is 6.09 Å². The van der Waals surface area contributed by atoms with Crippen molar-refractivity contribution in [3.05, 3.63) is 95.7 Å². The van der Waals surface area contributed by atoms with E-state index in [-0.39, 0.29) is 35.9 Å². The van der Waals surface area contributed by atoms with Gasteiger partial charge in [-0.3, -0.25) is 14.7 Å². The Kier molecular flexibility index (Phi) is 12.7. The van der Waals surface area contributed by atoms with E-state index in [9.17, 15) is 9.59 Å². The number of benzene rings is 3. The summed E-state index contributed by atoms with van der Waals surface area (Å²) >= 11 is 0. The first kappa shape index (κ1) is 40.3. The van der Waals surface area contributed by atoms with Crippen molar-refractivity contribution in [3.63, 3.8) is 0 Å². The molecule has 0 bridgehead atoms. The number of methoxy groups -OCH3 is 3. The zero-order chi connectivity index (χ0) is 39.2. The van der Waals surface area contributed by atoms with Crippen molar-refractivity contribution < 1.29 is 33.0 Å². The Hall–Kier alpha value is -4.87. The third-order valence-corrected chi connectivity index (χ3v) is 15.2. The Morgan fingerprint density at radius 1 is 0.870 bits per heavy atom. The minimum absolute atomic E-state index is 0.0455. The lowest BCUT2D eigenvalue weighted by atomic mass is 9.98. The fourth-order valence-electron chi connectivity index (χ4n) is 6.72. The lowest BCUT2D eigenvalue weighted by Crippen LogP contribution is -2.53. The number of nitrogens with zero attached hydrogens (tertiary/aromatic N) is 2. The van der Waals surface area contributed by atoms with Crippen LogP contribution >= 0.6 is 0 Å². The molecule has 288 valence electrons.